The van der Waals surface area contributed by atoms with Crippen LogP contribution in [0.15, 0.2) is 30.5 Å². The number of rotatable bonds is 3. The third kappa shape index (κ3) is 3.53. The van der Waals surface area contributed by atoms with E-state index in [0.29, 0.717) is 24.7 Å². The second-order valence-electron chi connectivity index (χ2n) is 6.37. The lowest BCUT2D eigenvalue weighted by Crippen LogP contribution is -2.49. The first-order valence-electron chi connectivity index (χ1n) is 8.35. The standard InChI is InChI=1S/C18H23N5O/c1-13(2)17-20-14(3)12-16(21-17)22-8-10-23(11-9-22)18(24)15-6-4-5-7-19-15/h4-7,12-13H,8-11H2,1-3H3. The zero-order chi connectivity index (χ0) is 17.1. The minimum Gasteiger partial charge on any atom is -0.353 e. The van der Waals surface area contributed by atoms with Crippen molar-refractivity contribution in [2.75, 3.05) is 31.1 Å². The fourth-order valence-electron chi connectivity index (χ4n) is 2.78. The summed E-state index contributed by atoms with van der Waals surface area (Å²) in [5.41, 5.74) is 1.49. The summed E-state index contributed by atoms with van der Waals surface area (Å²) < 4.78 is 0. The van der Waals surface area contributed by atoms with Crippen molar-refractivity contribution in [2.45, 2.75) is 26.7 Å². The average molecular weight is 325 g/mol. The lowest BCUT2D eigenvalue weighted by Gasteiger charge is -2.35. The van der Waals surface area contributed by atoms with Gasteiger partial charge in [0.25, 0.3) is 5.91 Å². The highest BCUT2D eigenvalue weighted by Gasteiger charge is 2.24. The van der Waals surface area contributed by atoms with E-state index >= 15 is 0 Å². The molecular weight excluding hydrogens is 302 g/mol. The lowest BCUT2D eigenvalue weighted by atomic mass is 10.2. The van der Waals surface area contributed by atoms with Crippen molar-refractivity contribution in [1.82, 2.24) is 19.9 Å². The van der Waals surface area contributed by atoms with Crippen LogP contribution >= 0.6 is 0 Å². The Labute approximate surface area is 142 Å². The van der Waals surface area contributed by atoms with Gasteiger partial charge in [-0.2, -0.15) is 0 Å². The lowest BCUT2D eigenvalue weighted by molar-refractivity contribution is 0.0740. The van der Waals surface area contributed by atoms with Gasteiger partial charge in [-0.3, -0.25) is 9.78 Å². The highest BCUT2D eigenvalue weighted by molar-refractivity contribution is 5.92. The molecular formula is C18H23N5O. The van der Waals surface area contributed by atoms with Gasteiger partial charge in [-0.05, 0) is 19.1 Å². The summed E-state index contributed by atoms with van der Waals surface area (Å²) in [6, 6.07) is 7.44. The van der Waals surface area contributed by atoms with E-state index in [-0.39, 0.29) is 5.91 Å². The fraction of sp³-hybridized carbons (Fsp3) is 0.444. The van der Waals surface area contributed by atoms with E-state index in [1.165, 1.54) is 0 Å². The Morgan fingerprint density at radius 2 is 1.88 bits per heavy atom. The zero-order valence-corrected chi connectivity index (χ0v) is 14.4. The molecule has 0 unspecified atom stereocenters. The highest BCUT2D eigenvalue weighted by atomic mass is 16.2. The Hall–Kier alpha value is -2.50. The van der Waals surface area contributed by atoms with Gasteiger partial charge in [0.1, 0.15) is 17.3 Å². The molecule has 6 nitrogen and oxygen atoms in total. The number of nitrogens with zero attached hydrogens (tertiary/aromatic N) is 5. The van der Waals surface area contributed by atoms with Gasteiger partial charge in [0.2, 0.25) is 0 Å². The molecule has 1 aliphatic heterocycles. The van der Waals surface area contributed by atoms with Crippen molar-refractivity contribution < 1.29 is 4.79 Å². The summed E-state index contributed by atoms with van der Waals surface area (Å²) in [6.45, 7) is 9.09. The number of hydrogen-bond acceptors (Lipinski definition) is 5. The van der Waals surface area contributed by atoms with Crippen molar-refractivity contribution in [2.24, 2.45) is 0 Å². The molecule has 24 heavy (non-hydrogen) atoms. The number of pyridine rings is 1. The van der Waals surface area contributed by atoms with Gasteiger partial charge in [-0.25, -0.2) is 9.97 Å². The van der Waals surface area contributed by atoms with Gasteiger partial charge in [-0.1, -0.05) is 19.9 Å². The summed E-state index contributed by atoms with van der Waals surface area (Å²) >= 11 is 0. The predicted molar refractivity (Wildman–Crippen MR) is 93.2 cm³/mol. The Balaban J connectivity index is 1.68. The first kappa shape index (κ1) is 16.4. The van der Waals surface area contributed by atoms with E-state index < -0.39 is 0 Å². The van der Waals surface area contributed by atoms with E-state index in [4.69, 9.17) is 0 Å². The van der Waals surface area contributed by atoms with Crippen LogP contribution < -0.4 is 4.90 Å². The number of carbonyl (C=O) groups is 1. The molecule has 2 aromatic rings. The van der Waals surface area contributed by atoms with Crippen molar-refractivity contribution in [3.8, 4) is 0 Å². The third-order valence-electron chi connectivity index (χ3n) is 4.15. The van der Waals surface area contributed by atoms with E-state index in [2.05, 4.69) is 33.7 Å². The van der Waals surface area contributed by atoms with E-state index in [1.807, 2.05) is 30.0 Å². The van der Waals surface area contributed by atoms with Crippen LogP contribution in [0.5, 0.6) is 0 Å². The fourth-order valence-corrected chi connectivity index (χ4v) is 2.78. The zero-order valence-electron chi connectivity index (χ0n) is 14.4. The topological polar surface area (TPSA) is 62.2 Å². The molecule has 6 heteroatoms. The average Bonchev–Trinajstić information content (AvgIpc) is 2.61. The van der Waals surface area contributed by atoms with E-state index in [0.717, 1.165) is 30.4 Å². The van der Waals surface area contributed by atoms with Crippen molar-refractivity contribution in [3.63, 3.8) is 0 Å². The quantitative estimate of drug-likeness (QED) is 0.866. The summed E-state index contributed by atoms with van der Waals surface area (Å²) in [4.78, 5) is 29.9. The maximum absolute atomic E-state index is 12.5. The maximum Gasteiger partial charge on any atom is 0.272 e. The molecule has 0 spiro atoms. The van der Waals surface area contributed by atoms with Crippen molar-refractivity contribution in [1.29, 1.82) is 0 Å². The summed E-state index contributed by atoms with van der Waals surface area (Å²) in [5, 5.41) is 0. The van der Waals surface area contributed by atoms with Crippen LogP contribution in [0.2, 0.25) is 0 Å². The Bertz CT molecular complexity index is 709. The van der Waals surface area contributed by atoms with Crippen molar-refractivity contribution >= 4 is 11.7 Å². The largest absolute Gasteiger partial charge is 0.353 e. The number of piperazine rings is 1. The van der Waals surface area contributed by atoms with Crippen LogP contribution in [-0.2, 0) is 0 Å². The molecule has 3 rings (SSSR count). The monoisotopic (exact) mass is 325 g/mol. The van der Waals surface area contributed by atoms with Gasteiger partial charge in [-0.15, -0.1) is 0 Å². The molecule has 1 saturated heterocycles. The molecule has 2 aromatic heterocycles. The van der Waals surface area contributed by atoms with Crippen LogP contribution in [0.1, 0.15) is 41.8 Å². The van der Waals surface area contributed by atoms with Crippen molar-refractivity contribution in [3.05, 3.63) is 47.7 Å². The molecule has 0 saturated carbocycles. The Morgan fingerprint density at radius 3 is 2.50 bits per heavy atom. The molecule has 0 aliphatic carbocycles. The van der Waals surface area contributed by atoms with Gasteiger partial charge in [0.15, 0.2) is 0 Å². The van der Waals surface area contributed by atoms with E-state index in [9.17, 15) is 4.79 Å². The second-order valence-corrected chi connectivity index (χ2v) is 6.37. The maximum atomic E-state index is 12.5. The summed E-state index contributed by atoms with van der Waals surface area (Å²) in [5.74, 6) is 2.13. The number of aromatic nitrogens is 3. The molecule has 3 heterocycles. The molecule has 126 valence electrons. The van der Waals surface area contributed by atoms with Gasteiger partial charge < -0.3 is 9.80 Å². The Morgan fingerprint density at radius 1 is 1.12 bits per heavy atom. The predicted octanol–water partition coefficient (Wildman–Crippen LogP) is 2.27. The highest BCUT2D eigenvalue weighted by Crippen LogP contribution is 2.19. The molecule has 0 radical (unpaired) electrons. The first-order chi connectivity index (χ1) is 11.5. The number of aryl methyl sites for hydroxylation is 1. The summed E-state index contributed by atoms with van der Waals surface area (Å²) in [7, 11) is 0. The Kier molecular flexibility index (Phi) is 4.74. The molecule has 0 N–H and O–H groups in total. The third-order valence-corrected chi connectivity index (χ3v) is 4.15. The SMILES string of the molecule is Cc1cc(N2CCN(C(=O)c3ccccn3)CC2)nc(C(C)C)n1. The van der Waals surface area contributed by atoms with Crippen LogP contribution in [-0.4, -0.2) is 51.9 Å². The first-order valence-corrected chi connectivity index (χ1v) is 8.35. The van der Waals surface area contributed by atoms with E-state index in [1.54, 1.807) is 12.3 Å². The van der Waals surface area contributed by atoms with Gasteiger partial charge in [0, 0.05) is 50.1 Å². The smallest absolute Gasteiger partial charge is 0.272 e. The minimum absolute atomic E-state index is 0.00279. The molecule has 0 aromatic carbocycles. The number of anilines is 1. The molecule has 0 bridgehead atoms. The molecule has 1 aliphatic rings. The van der Waals surface area contributed by atoms with Crippen LogP contribution in [0.4, 0.5) is 5.82 Å². The normalized spacial score (nSPS) is 15.0. The second kappa shape index (κ2) is 6.95. The van der Waals surface area contributed by atoms with Crippen LogP contribution in [0, 0.1) is 6.92 Å². The molecule has 0 atom stereocenters. The van der Waals surface area contributed by atoms with Gasteiger partial charge >= 0.3 is 0 Å². The molecule has 1 fully saturated rings. The number of amides is 1. The van der Waals surface area contributed by atoms with Gasteiger partial charge in [0.05, 0.1) is 0 Å². The number of hydrogen-bond donors (Lipinski definition) is 0. The van der Waals surface area contributed by atoms with Crippen LogP contribution in [0.3, 0.4) is 0 Å². The number of carbonyl (C=O) groups excluding carboxylic acids is 1. The summed E-state index contributed by atoms with van der Waals surface area (Å²) in [6.07, 6.45) is 1.65. The minimum atomic E-state index is -0.00279. The van der Waals surface area contributed by atoms with Crippen LogP contribution in [0.25, 0.3) is 0 Å². The molecule has 1 amide bonds.